The smallest absolute Gasteiger partial charge is 0.140 e. The van der Waals surface area contributed by atoms with Crippen LogP contribution in [0.1, 0.15) is 18.5 Å². The lowest BCUT2D eigenvalue weighted by atomic mass is 10.1. The van der Waals surface area contributed by atoms with Crippen molar-refractivity contribution < 1.29 is 9.13 Å². The maximum Gasteiger partial charge on any atom is 0.140 e. The molecule has 0 aliphatic rings. The number of benzene rings is 1. The van der Waals surface area contributed by atoms with Gasteiger partial charge in [0.25, 0.3) is 0 Å². The van der Waals surface area contributed by atoms with Crippen LogP contribution in [0.2, 0.25) is 5.02 Å². The van der Waals surface area contributed by atoms with Crippen molar-refractivity contribution in [1.82, 2.24) is 0 Å². The van der Waals surface area contributed by atoms with Gasteiger partial charge in [-0.3, -0.25) is 0 Å². The van der Waals surface area contributed by atoms with Gasteiger partial charge in [-0.05, 0) is 18.6 Å². The third kappa shape index (κ3) is 2.11. The van der Waals surface area contributed by atoms with E-state index in [0.29, 0.717) is 16.3 Å². The van der Waals surface area contributed by atoms with Crippen LogP contribution in [-0.4, -0.2) is 7.11 Å². The zero-order valence-electron chi connectivity index (χ0n) is 7.47. The van der Waals surface area contributed by atoms with E-state index in [1.807, 2.05) is 0 Å². The molecule has 1 unspecified atom stereocenters. The fourth-order valence-electron chi connectivity index (χ4n) is 1.06. The summed E-state index contributed by atoms with van der Waals surface area (Å²) in [7, 11) is 1.44. The highest BCUT2D eigenvalue weighted by atomic mass is 35.5. The average molecular weight is 204 g/mol. The average Bonchev–Trinajstić information content (AvgIpc) is 2.08. The van der Waals surface area contributed by atoms with E-state index < -0.39 is 5.82 Å². The summed E-state index contributed by atoms with van der Waals surface area (Å²) in [6, 6.07) is 2.24. The molecule has 1 atom stereocenters. The summed E-state index contributed by atoms with van der Waals surface area (Å²) in [6.45, 7) is 1.74. The zero-order chi connectivity index (χ0) is 10.0. The molecule has 0 bridgehead atoms. The highest BCUT2D eigenvalue weighted by molar-refractivity contribution is 6.32. The number of methoxy groups -OCH3 is 1. The van der Waals surface area contributed by atoms with Crippen LogP contribution in [0.3, 0.4) is 0 Å². The van der Waals surface area contributed by atoms with Crippen LogP contribution < -0.4 is 10.5 Å². The Balaban J connectivity index is 3.27. The van der Waals surface area contributed by atoms with Gasteiger partial charge in [0.1, 0.15) is 11.6 Å². The molecule has 0 heterocycles. The molecule has 0 aromatic heterocycles. The number of hydrogen-bond acceptors (Lipinski definition) is 2. The topological polar surface area (TPSA) is 35.2 Å². The Hall–Kier alpha value is -0.800. The molecule has 13 heavy (non-hydrogen) atoms. The molecule has 0 saturated heterocycles. The van der Waals surface area contributed by atoms with Crippen LogP contribution in [0, 0.1) is 5.82 Å². The van der Waals surface area contributed by atoms with E-state index in [1.165, 1.54) is 19.2 Å². The molecule has 0 spiro atoms. The molecule has 0 fully saturated rings. The van der Waals surface area contributed by atoms with Crippen LogP contribution in [0.25, 0.3) is 0 Å². The Labute approximate surface area is 81.4 Å². The summed E-state index contributed by atoms with van der Waals surface area (Å²) >= 11 is 5.90. The predicted molar refractivity (Wildman–Crippen MR) is 50.6 cm³/mol. The van der Waals surface area contributed by atoms with Gasteiger partial charge in [-0.1, -0.05) is 11.6 Å². The second kappa shape index (κ2) is 3.94. The summed E-state index contributed by atoms with van der Waals surface area (Å²) in [4.78, 5) is 0. The Morgan fingerprint density at radius 2 is 2.15 bits per heavy atom. The molecule has 0 aliphatic carbocycles. The van der Waals surface area contributed by atoms with Crippen molar-refractivity contribution in [2.24, 2.45) is 5.73 Å². The molecular formula is C9H11ClFNO. The van der Waals surface area contributed by atoms with E-state index in [2.05, 4.69) is 0 Å². The van der Waals surface area contributed by atoms with Gasteiger partial charge in [-0.25, -0.2) is 4.39 Å². The normalized spacial score (nSPS) is 12.7. The summed E-state index contributed by atoms with van der Waals surface area (Å²) in [5.74, 6) is -0.0810. The molecule has 1 rings (SSSR count). The van der Waals surface area contributed by atoms with Gasteiger partial charge in [0, 0.05) is 12.1 Å². The zero-order valence-corrected chi connectivity index (χ0v) is 8.23. The van der Waals surface area contributed by atoms with Crippen molar-refractivity contribution in [1.29, 1.82) is 0 Å². The fraction of sp³-hybridized carbons (Fsp3) is 0.333. The molecule has 1 aromatic carbocycles. The number of halogens is 2. The summed E-state index contributed by atoms with van der Waals surface area (Å²) in [5.41, 5.74) is 6.15. The van der Waals surface area contributed by atoms with Crippen LogP contribution in [0.15, 0.2) is 12.1 Å². The summed E-state index contributed by atoms with van der Waals surface area (Å²) < 4.78 is 17.8. The highest BCUT2D eigenvalue weighted by Gasteiger charge is 2.12. The molecule has 0 amide bonds. The van der Waals surface area contributed by atoms with Crippen molar-refractivity contribution in [2.75, 3.05) is 7.11 Å². The van der Waals surface area contributed by atoms with E-state index in [4.69, 9.17) is 22.1 Å². The third-order valence-corrected chi connectivity index (χ3v) is 2.15. The van der Waals surface area contributed by atoms with Crippen molar-refractivity contribution in [3.05, 3.63) is 28.5 Å². The minimum Gasteiger partial charge on any atom is -0.495 e. The summed E-state index contributed by atoms with van der Waals surface area (Å²) in [5, 5.41) is 0.374. The standard InChI is InChI=1S/C9H11ClFNO/c1-5(12)7-3-6(11)4-8(13-2)9(7)10/h3-5H,12H2,1-2H3. The molecule has 0 aliphatic heterocycles. The van der Waals surface area contributed by atoms with Crippen LogP contribution >= 0.6 is 11.6 Å². The van der Waals surface area contributed by atoms with E-state index in [-0.39, 0.29) is 6.04 Å². The molecule has 1 aromatic rings. The van der Waals surface area contributed by atoms with Gasteiger partial charge >= 0.3 is 0 Å². The number of ether oxygens (including phenoxy) is 1. The van der Waals surface area contributed by atoms with Gasteiger partial charge in [0.2, 0.25) is 0 Å². The highest BCUT2D eigenvalue weighted by Crippen LogP contribution is 2.32. The lowest BCUT2D eigenvalue weighted by Gasteiger charge is -2.11. The van der Waals surface area contributed by atoms with E-state index in [1.54, 1.807) is 6.92 Å². The second-order valence-corrected chi connectivity index (χ2v) is 3.18. The molecule has 0 saturated carbocycles. The first kappa shape index (κ1) is 10.3. The maximum atomic E-state index is 13.0. The van der Waals surface area contributed by atoms with E-state index in [9.17, 15) is 4.39 Å². The molecule has 4 heteroatoms. The lowest BCUT2D eigenvalue weighted by Crippen LogP contribution is -2.06. The first-order chi connectivity index (χ1) is 6.06. The Morgan fingerprint density at radius 1 is 1.54 bits per heavy atom. The number of rotatable bonds is 2. The number of nitrogens with two attached hydrogens (primary N) is 1. The van der Waals surface area contributed by atoms with Gasteiger partial charge in [0.05, 0.1) is 12.1 Å². The minimum atomic E-state index is -0.395. The SMILES string of the molecule is COc1cc(F)cc(C(C)N)c1Cl. The first-order valence-electron chi connectivity index (χ1n) is 3.84. The van der Waals surface area contributed by atoms with Crippen LogP contribution in [-0.2, 0) is 0 Å². The Morgan fingerprint density at radius 3 is 2.62 bits per heavy atom. The molecule has 2 N–H and O–H groups in total. The third-order valence-electron chi connectivity index (χ3n) is 1.74. The van der Waals surface area contributed by atoms with Crippen molar-refractivity contribution in [3.8, 4) is 5.75 Å². The maximum absolute atomic E-state index is 13.0. The monoisotopic (exact) mass is 203 g/mol. The largest absolute Gasteiger partial charge is 0.495 e. The van der Waals surface area contributed by atoms with Crippen LogP contribution in [0.4, 0.5) is 4.39 Å². The quantitative estimate of drug-likeness (QED) is 0.802. The number of hydrogen-bond donors (Lipinski definition) is 1. The van der Waals surface area contributed by atoms with Gasteiger partial charge < -0.3 is 10.5 Å². The van der Waals surface area contributed by atoms with Gasteiger partial charge in [0.15, 0.2) is 0 Å². The summed E-state index contributed by atoms with van der Waals surface area (Å²) in [6.07, 6.45) is 0. The Bertz CT molecular complexity index is 315. The Kier molecular flexibility index (Phi) is 3.12. The lowest BCUT2D eigenvalue weighted by molar-refractivity contribution is 0.410. The van der Waals surface area contributed by atoms with Crippen molar-refractivity contribution in [3.63, 3.8) is 0 Å². The first-order valence-corrected chi connectivity index (χ1v) is 4.22. The van der Waals surface area contributed by atoms with E-state index >= 15 is 0 Å². The fourth-order valence-corrected chi connectivity index (χ4v) is 1.42. The molecule has 0 radical (unpaired) electrons. The molecule has 72 valence electrons. The van der Waals surface area contributed by atoms with E-state index in [0.717, 1.165) is 0 Å². The van der Waals surface area contributed by atoms with Crippen molar-refractivity contribution >= 4 is 11.6 Å². The molecular weight excluding hydrogens is 193 g/mol. The minimum absolute atomic E-state index is 0.308. The van der Waals surface area contributed by atoms with Gasteiger partial charge in [-0.15, -0.1) is 0 Å². The molecule has 2 nitrogen and oxygen atoms in total. The van der Waals surface area contributed by atoms with Gasteiger partial charge in [-0.2, -0.15) is 0 Å². The van der Waals surface area contributed by atoms with Crippen LogP contribution in [0.5, 0.6) is 5.75 Å². The predicted octanol–water partition coefficient (Wildman–Crippen LogP) is 2.51. The van der Waals surface area contributed by atoms with Crippen molar-refractivity contribution in [2.45, 2.75) is 13.0 Å². The second-order valence-electron chi connectivity index (χ2n) is 2.80.